The largest absolute Gasteiger partial charge is 0.444 e. The fourth-order valence-electron chi connectivity index (χ4n) is 1.95. The van der Waals surface area contributed by atoms with Gasteiger partial charge >= 0.3 is 6.09 Å². The average molecular weight is 229 g/mol. The number of amides is 1. The van der Waals surface area contributed by atoms with Crippen LogP contribution in [0.25, 0.3) is 0 Å². The Balaban J connectivity index is 2.25. The van der Waals surface area contributed by atoms with Crippen LogP contribution in [0.2, 0.25) is 0 Å². The second-order valence-corrected chi connectivity index (χ2v) is 5.49. The van der Waals surface area contributed by atoms with E-state index in [0.717, 1.165) is 25.7 Å². The van der Waals surface area contributed by atoms with Gasteiger partial charge in [0.25, 0.3) is 0 Å². The minimum Gasteiger partial charge on any atom is -0.444 e. The van der Waals surface area contributed by atoms with Crippen molar-refractivity contribution in [2.45, 2.75) is 58.2 Å². The van der Waals surface area contributed by atoms with E-state index in [1.54, 1.807) is 0 Å². The van der Waals surface area contributed by atoms with Crippen LogP contribution in [0.3, 0.4) is 0 Å². The topological polar surface area (TPSA) is 58.6 Å². The predicted molar refractivity (Wildman–Crippen MR) is 62.2 cm³/mol. The molecule has 1 saturated carbocycles. The maximum absolute atomic E-state index is 11.4. The van der Waals surface area contributed by atoms with Gasteiger partial charge in [-0.1, -0.05) is 12.8 Å². The molecular weight excluding hydrogens is 206 g/mol. The number of rotatable bonds is 2. The van der Waals surface area contributed by atoms with Crippen molar-refractivity contribution < 1.29 is 14.6 Å². The van der Waals surface area contributed by atoms with Crippen molar-refractivity contribution in [3.8, 4) is 0 Å². The van der Waals surface area contributed by atoms with Crippen molar-refractivity contribution in [2.24, 2.45) is 5.92 Å². The highest BCUT2D eigenvalue weighted by Gasteiger charge is 2.24. The molecule has 1 amide bonds. The number of nitrogens with one attached hydrogen (secondary N) is 1. The monoisotopic (exact) mass is 229 g/mol. The van der Waals surface area contributed by atoms with Crippen molar-refractivity contribution in [1.29, 1.82) is 0 Å². The number of alkyl carbamates (subject to hydrolysis) is 1. The van der Waals surface area contributed by atoms with E-state index in [9.17, 15) is 9.90 Å². The number of ether oxygens (including phenoxy) is 1. The molecule has 1 fully saturated rings. The second-order valence-electron chi connectivity index (χ2n) is 5.49. The Morgan fingerprint density at radius 1 is 1.38 bits per heavy atom. The van der Waals surface area contributed by atoms with Crippen LogP contribution in [-0.4, -0.2) is 29.4 Å². The van der Waals surface area contributed by atoms with Gasteiger partial charge in [0.1, 0.15) is 5.60 Å². The van der Waals surface area contributed by atoms with Crippen LogP contribution in [-0.2, 0) is 4.74 Å². The Hall–Kier alpha value is -0.770. The maximum Gasteiger partial charge on any atom is 0.407 e. The summed E-state index contributed by atoms with van der Waals surface area (Å²) in [6, 6.07) is 0. The van der Waals surface area contributed by atoms with E-state index < -0.39 is 11.7 Å². The highest BCUT2D eigenvalue weighted by Crippen LogP contribution is 2.23. The zero-order chi connectivity index (χ0) is 12.2. The lowest BCUT2D eigenvalue weighted by molar-refractivity contribution is 0.0434. The molecule has 0 aromatic heterocycles. The molecule has 16 heavy (non-hydrogen) atoms. The Morgan fingerprint density at radius 2 is 2.00 bits per heavy atom. The number of aliphatic hydroxyl groups is 1. The molecule has 1 aliphatic carbocycles. The van der Waals surface area contributed by atoms with Crippen molar-refractivity contribution in [3.63, 3.8) is 0 Å². The van der Waals surface area contributed by atoms with Gasteiger partial charge in [0.15, 0.2) is 0 Å². The molecule has 0 aromatic carbocycles. The van der Waals surface area contributed by atoms with Gasteiger partial charge in [-0.05, 0) is 33.6 Å². The van der Waals surface area contributed by atoms with Gasteiger partial charge in [-0.25, -0.2) is 4.79 Å². The molecule has 2 atom stereocenters. The normalized spacial score (nSPS) is 26.2. The zero-order valence-corrected chi connectivity index (χ0v) is 10.5. The van der Waals surface area contributed by atoms with Gasteiger partial charge < -0.3 is 15.2 Å². The average Bonchev–Trinajstić information content (AvgIpc) is 2.14. The Bertz CT molecular complexity index is 235. The van der Waals surface area contributed by atoms with Crippen molar-refractivity contribution >= 4 is 6.09 Å². The molecule has 0 saturated heterocycles. The third-order valence-corrected chi connectivity index (χ3v) is 2.78. The van der Waals surface area contributed by atoms with E-state index in [1.807, 2.05) is 20.8 Å². The molecule has 0 radical (unpaired) electrons. The minimum absolute atomic E-state index is 0.182. The first-order valence-corrected chi connectivity index (χ1v) is 6.03. The molecule has 0 aliphatic heterocycles. The van der Waals surface area contributed by atoms with Crippen molar-refractivity contribution in [2.75, 3.05) is 6.54 Å². The summed E-state index contributed by atoms with van der Waals surface area (Å²) in [6.45, 7) is 6.02. The van der Waals surface area contributed by atoms with E-state index in [1.165, 1.54) is 0 Å². The molecule has 0 heterocycles. The second kappa shape index (κ2) is 5.53. The summed E-state index contributed by atoms with van der Waals surface area (Å²) in [7, 11) is 0. The van der Waals surface area contributed by atoms with Crippen LogP contribution in [0, 0.1) is 5.92 Å². The molecule has 1 aliphatic rings. The summed E-state index contributed by atoms with van der Waals surface area (Å²) in [5, 5.41) is 12.4. The molecule has 1 rings (SSSR count). The molecule has 4 heteroatoms. The van der Waals surface area contributed by atoms with Crippen molar-refractivity contribution in [1.82, 2.24) is 5.32 Å². The van der Waals surface area contributed by atoms with Crippen LogP contribution in [0.15, 0.2) is 0 Å². The molecule has 2 N–H and O–H groups in total. The number of carbonyl (C=O) groups is 1. The van der Waals surface area contributed by atoms with Gasteiger partial charge in [0.2, 0.25) is 0 Å². The summed E-state index contributed by atoms with van der Waals surface area (Å²) >= 11 is 0. The number of aliphatic hydroxyl groups excluding tert-OH is 1. The smallest absolute Gasteiger partial charge is 0.407 e. The molecule has 94 valence electrons. The van der Waals surface area contributed by atoms with E-state index in [0.29, 0.717) is 6.54 Å². The lowest BCUT2D eigenvalue weighted by Gasteiger charge is -2.28. The summed E-state index contributed by atoms with van der Waals surface area (Å²) in [5.74, 6) is 0.182. The Kier molecular flexibility index (Phi) is 4.59. The first-order valence-electron chi connectivity index (χ1n) is 6.03. The van der Waals surface area contributed by atoms with Crippen molar-refractivity contribution in [3.05, 3.63) is 0 Å². The van der Waals surface area contributed by atoms with Gasteiger partial charge in [-0.3, -0.25) is 0 Å². The number of hydrogen-bond acceptors (Lipinski definition) is 3. The summed E-state index contributed by atoms with van der Waals surface area (Å²) in [6.07, 6.45) is 3.38. The van der Waals surface area contributed by atoms with Gasteiger partial charge in [-0.2, -0.15) is 0 Å². The van der Waals surface area contributed by atoms with E-state index in [2.05, 4.69) is 5.32 Å². The van der Waals surface area contributed by atoms with Crippen LogP contribution < -0.4 is 5.32 Å². The number of carbonyl (C=O) groups excluding carboxylic acids is 1. The zero-order valence-electron chi connectivity index (χ0n) is 10.5. The quantitative estimate of drug-likeness (QED) is 0.762. The molecule has 4 nitrogen and oxygen atoms in total. The van der Waals surface area contributed by atoms with Crippen LogP contribution in [0.4, 0.5) is 4.79 Å². The minimum atomic E-state index is -0.463. The Labute approximate surface area is 97.4 Å². The molecular formula is C12H23NO3. The highest BCUT2D eigenvalue weighted by molar-refractivity contribution is 5.67. The Morgan fingerprint density at radius 3 is 2.56 bits per heavy atom. The summed E-state index contributed by atoms with van der Waals surface area (Å²) in [4.78, 5) is 11.4. The van der Waals surface area contributed by atoms with Crippen LogP contribution in [0.1, 0.15) is 46.5 Å². The summed E-state index contributed by atoms with van der Waals surface area (Å²) < 4.78 is 5.13. The molecule has 0 unspecified atom stereocenters. The fourth-order valence-corrected chi connectivity index (χ4v) is 1.95. The van der Waals surface area contributed by atoms with Gasteiger partial charge in [0.05, 0.1) is 6.10 Å². The lowest BCUT2D eigenvalue weighted by Crippen LogP contribution is -2.39. The first-order chi connectivity index (χ1) is 7.38. The third-order valence-electron chi connectivity index (χ3n) is 2.78. The third kappa shape index (κ3) is 4.84. The summed E-state index contributed by atoms with van der Waals surface area (Å²) in [5.41, 5.74) is -0.463. The lowest BCUT2D eigenvalue weighted by atomic mass is 9.86. The van der Waals surface area contributed by atoms with E-state index in [4.69, 9.17) is 4.74 Å². The van der Waals surface area contributed by atoms with Gasteiger partial charge in [-0.15, -0.1) is 0 Å². The maximum atomic E-state index is 11.4. The molecule has 0 aromatic rings. The molecule has 0 spiro atoms. The molecule has 0 bridgehead atoms. The SMILES string of the molecule is CC(C)(C)OC(=O)NC[C@H]1CCCC[C@@H]1O. The number of hydrogen-bond donors (Lipinski definition) is 2. The van der Waals surface area contributed by atoms with E-state index in [-0.39, 0.29) is 12.0 Å². The van der Waals surface area contributed by atoms with Crippen LogP contribution in [0.5, 0.6) is 0 Å². The predicted octanol–water partition coefficient (Wildman–Crippen LogP) is 2.06. The first kappa shape index (κ1) is 13.3. The van der Waals surface area contributed by atoms with Gasteiger partial charge in [0, 0.05) is 12.5 Å². The van der Waals surface area contributed by atoms with Crippen LogP contribution >= 0.6 is 0 Å². The highest BCUT2D eigenvalue weighted by atomic mass is 16.6. The standard InChI is InChI=1S/C12H23NO3/c1-12(2,3)16-11(15)13-8-9-6-4-5-7-10(9)14/h9-10,14H,4-8H2,1-3H3,(H,13,15)/t9-,10+/m1/s1. The fraction of sp³-hybridized carbons (Fsp3) is 0.917. The van der Waals surface area contributed by atoms with E-state index >= 15 is 0 Å².